The van der Waals surface area contributed by atoms with Crippen LogP contribution in [0.2, 0.25) is 0 Å². The van der Waals surface area contributed by atoms with Gasteiger partial charge in [0.2, 0.25) is 0 Å². The van der Waals surface area contributed by atoms with Gasteiger partial charge in [-0.2, -0.15) is 0 Å². The predicted octanol–water partition coefficient (Wildman–Crippen LogP) is 2.86. The van der Waals surface area contributed by atoms with E-state index >= 15 is 0 Å². The Morgan fingerprint density at radius 1 is 1.13 bits per heavy atom. The van der Waals surface area contributed by atoms with Gasteiger partial charge in [-0.1, -0.05) is 31.5 Å². The highest BCUT2D eigenvalue weighted by molar-refractivity contribution is 8.13. The molecule has 132 valence electrons. The van der Waals surface area contributed by atoms with E-state index in [-0.39, 0.29) is 10.8 Å². The maximum absolute atomic E-state index is 13.0. The van der Waals surface area contributed by atoms with E-state index < -0.39 is 32.0 Å². The van der Waals surface area contributed by atoms with Gasteiger partial charge in [0.1, 0.15) is 4.58 Å². The topological polar surface area (TPSA) is 74.6 Å². The third kappa shape index (κ3) is 4.72. The van der Waals surface area contributed by atoms with Crippen molar-refractivity contribution in [3.05, 3.63) is 29.8 Å². The molecular formula is C17H28O4S2. The first-order chi connectivity index (χ1) is 10.4. The molecule has 0 radical (unpaired) electrons. The zero-order valence-electron chi connectivity index (χ0n) is 14.6. The Kier molecular flexibility index (Phi) is 6.73. The van der Waals surface area contributed by atoms with E-state index in [0.29, 0.717) is 0 Å². The monoisotopic (exact) mass is 360 g/mol. The quantitative estimate of drug-likeness (QED) is 0.782. The van der Waals surface area contributed by atoms with Crippen molar-refractivity contribution in [3.8, 4) is 0 Å². The first kappa shape index (κ1) is 20.5. The second-order valence-electron chi connectivity index (χ2n) is 6.88. The van der Waals surface area contributed by atoms with Gasteiger partial charge >= 0.3 is 0 Å². The number of aliphatic hydroxyl groups is 2. The molecule has 4 nitrogen and oxygen atoms in total. The maximum atomic E-state index is 13.0. The molecular weight excluding hydrogens is 332 g/mol. The fourth-order valence-corrected chi connectivity index (χ4v) is 6.45. The van der Waals surface area contributed by atoms with Gasteiger partial charge in [0.15, 0.2) is 9.84 Å². The molecule has 2 N–H and O–H groups in total. The lowest BCUT2D eigenvalue weighted by Gasteiger charge is -2.39. The molecule has 1 aromatic carbocycles. The number of aryl methyl sites for hydroxylation is 1. The molecule has 0 aromatic heterocycles. The summed E-state index contributed by atoms with van der Waals surface area (Å²) >= 11 is 1.15. The summed E-state index contributed by atoms with van der Waals surface area (Å²) in [5, 5.41) is 21.1. The van der Waals surface area contributed by atoms with Crippen molar-refractivity contribution in [2.24, 2.45) is 11.8 Å². The summed E-state index contributed by atoms with van der Waals surface area (Å²) in [6.07, 6.45) is 0.773. The van der Waals surface area contributed by atoms with Gasteiger partial charge in [-0.3, -0.25) is 0 Å². The highest BCUT2D eigenvalue weighted by atomic mass is 32.3. The maximum Gasteiger partial charge on any atom is 0.190 e. The lowest BCUT2D eigenvalue weighted by atomic mass is 9.83. The number of hydrogen-bond donors (Lipinski definition) is 2. The Balaban J connectivity index is 3.39. The van der Waals surface area contributed by atoms with Crippen molar-refractivity contribution < 1.29 is 18.6 Å². The zero-order chi connectivity index (χ0) is 18.0. The molecule has 0 aliphatic carbocycles. The van der Waals surface area contributed by atoms with Crippen molar-refractivity contribution in [3.63, 3.8) is 0 Å². The summed E-state index contributed by atoms with van der Waals surface area (Å²) in [4.78, 5) is 0.215. The Bertz CT molecular complexity index is 600. The highest BCUT2D eigenvalue weighted by Crippen LogP contribution is 2.38. The average molecular weight is 361 g/mol. The van der Waals surface area contributed by atoms with Crippen LogP contribution in [0, 0.1) is 18.8 Å². The van der Waals surface area contributed by atoms with Gasteiger partial charge in [-0.25, -0.2) is 8.42 Å². The molecule has 1 unspecified atom stereocenters. The zero-order valence-corrected chi connectivity index (χ0v) is 16.3. The van der Waals surface area contributed by atoms with Crippen LogP contribution in [0.5, 0.6) is 0 Å². The van der Waals surface area contributed by atoms with Crippen LogP contribution in [-0.4, -0.2) is 41.2 Å². The fraction of sp³-hybridized carbons (Fsp3) is 0.647. The summed E-state index contributed by atoms with van der Waals surface area (Å²) in [6.45, 7) is 8.64. The van der Waals surface area contributed by atoms with Crippen LogP contribution in [0.4, 0.5) is 0 Å². The standard InChI is InChI=1S/C17H28O4S2/c1-11(2)15(18)14(17(4,5)19)16(22-6)23(20,21)13-9-7-12(3)8-10-13/h7-11,14-16,18-19H,1-6H3/t14-,15+,16?/m0/s1. The van der Waals surface area contributed by atoms with E-state index in [1.54, 1.807) is 44.4 Å². The lowest BCUT2D eigenvalue weighted by Crippen LogP contribution is -2.50. The van der Waals surface area contributed by atoms with E-state index in [1.807, 2.05) is 20.8 Å². The molecule has 0 aliphatic heterocycles. The van der Waals surface area contributed by atoms with Gasteiger partial charge < -0.3 is 10.2 Å². The SMILES string of the molecule is CSC([C@H]([C@H](O)C(C)C)C(C)(C)O)S(=O)(=O)c1ccc(C)cc1. The van der Waals surface area contributed by atoms with Crippen molar-refractivity contribution in [2.45, 2.75) is 55.8 Å². The first-order valence-corrected chi connectivity index (χ1v) is 10.5. The summed E-state index contributed by atoms with van der Waals surface area (Å²) in [6, 6.07) is 6.67. The van der Waals surface area contributed by atoms with Crippen LogP contribution in [0.25, 0.3) is 0 Å². The smallest absolute Gasteiger partial charge is 0.190 e. The van der Waals surface area contributed by atoms with Gasteiger partial charge in [0.25, 0.3) is 0 Å². The summed E-state index contributed by atoms with van der Waals surface area (Å²) in [5.74, 6) is -0.960. The lowest BCUT2D eigenvalue weighted by molar-refractivity contribution is -0.0553. The van der Waals surface area contributed by atoms with Crippen LogP contribution < -0.4 is 0 Å². The van der Waals surface area contributed by atoms with E-state index in [9.17, 15) is 18.6 Å². The predicted molar refractivity (Wildman–Crippen MR) is 96.3 cm³/mol. The van der Waals surface area contributed by atoms with Crippen LogP contribution >= 0.6 is 11.8 Å². The third-order valence-electron chi connectivity index (χ3n) is 4.05. The molecule has 0 aliphatic rings. The Hall–Kier alpha value is -0.560. The molecule has 0 bridgehead atoms. The van der Waals surface area contributed by atoms with Gasteiger partial charge in [0, 0.05) is 5.92 Å². The van der Waals surface area contributed by atoms with Crippen LogP contribution in [0.1, 0.15) is 33.3 Å². The van der Waals surface area contributed by atoms with Crippen LogP contribution in [-0.2, 0) is 9.84 Å². The van der Waals surface area contributed by atoms with Crippen molar-refractivity contribution in [1.82, 2.24) is 0 Å². The van der Waals surface area contributed by atoms with Crippen LogP contribution in [0.3, 0.4) is 0 Å². The minimum atomic E-state index is -3.69. The average Bonchev–Trinajstić information content (AvgIpc) is 2.42. The molecule has 0 amide bonds. The highest BCUT2D eigenvalue weighted by Gasteiger charge is 2.46. The van der Waals surface area contributed by atoms with Crippen LogP contribution in [0.15, 0.2) is 29.2 Å². The summed E-state index contributed by atoms with van der Waals surface area (Å²) in [5.41, 5.74) is -0.347. The van der Waals surface area contributed by atoms with Crippen molar-refractivity contribution in [1.29, 1.82) is 0 Å². The number of aliphatic hydroxyl groups excluding tert-OH is 1. The molecule has 3 atom stereocenters. The molecule has 6 heteroatoms. The Morgan fingerprint density at radius 3 is 1.96 bits per heavy atom. The van der Waals surface area contributed by atoms with E-state index in [1.165, 1.54) is 0 Å². The molecule has 1 rings (SSSR count). The second-order valence-corrected chi connectivity index (χ2v) is 10.2. The van der Waals surface area contributed by atoms with E-state index in [4.69, 9.17) is 0 Å². The number of hydrogen-bond acceptors (Lipinski definition) is 5. The molecule has 0 fully saturated rings. The van der Waals surface area contributed by atoms with E-state index in [0.717, 1.165) is 17.3 Å². The van der Waals surface area contributed by atoms with Crippen molar-refractivity contribution >= 4 is 21.6 Å². The second kappa shape index (κ2) is 7.55. The van der Waals surface area contributed by atoms with Gasteiger partial charge in [-0.05, 0) is 45.1 Å². The Labute approximate surface area is 144 Å². The van der Waals surface area contributed by atoms with Gasteiger partial charge in [-0.15, -0.1) is 11.8 Å². The molecule has 0 saturated heterocycles. The minimum absolute atomic E-state index is 0.158. The fourth-order valence-electron chi connectivity index (χ4n) is 2.65. The first-order valence-electron chi connectivity index (χ1n) is 7.66. The normalized spacial score (nSPS) is 17.1. The molecule has 0 heterocycles. The number of rotatable bonds is 7. The number of benzene rings is 1. The number of sulfone groups is 1. The largest absolute Gasteiger partial charge is 0.392 e. The third-order valence-corrected chi connectivity index (χ3v) is 7.98. The van der Waals surface area contributed by atoms with E-state index in [2.05, 4.69) is 0 Å². The summed E-state index contributed by atoms with van der Waals surface area (Å²) < 4.78 is 25.2. The number of thioether (sulfide) groups is 1. The minimum Gasteiger partial charge on any atom is -0.392 e. The Morgan fingerprint density at radius 2 is 1.61 bits per heavy atom. The molecule has 0 saturated carbocycles. The molecule has 23 heavy (non-hydrogen) atoms. The summed E-state index contributed by atoms with van der Waals surface area (Å²) in [7, 11) is -3.69. The molecule has 0 spiro atoms. The van der Waals surface area contributed by atoms with Gasteiger partial charge in [0.05, 0.1) is 16.6 Å². The molecule has 1 aromatic rings. The van der Waals surface area contributed by atoms with Crippen molar-refractivity contribution in [2.75, 3.05) is 6.26 Å².